The average molecular weight is 323 g/mol. The van der Waals surface area contributed by atoms with Crippen molar-refractivity contribution in [2.75, 3.05) is 17.2 Å². The number of hydrogen-bond acceptors (Lipinski definition) is 6. The Balaban J connectivity index is 1.63. The third kappa shape index (κ3) is 3.86. The second-order valence-electron chi connectivity index (χ2n) is 5.41. The van der Waals surface area contributed by atoms with Crippen LogP contribution in [0.5, 0.6) is 0 Å². The van der Waals surface area contributed by atoms with Gasteiger partial charge in [0.05, 0.1) is 0 Å². The minimum absolute atomic E-state index is 0.113. The number of aromatic nitrogens is 2. The Morgan fingerprint density at radius 3 is 3.04 bits per heavy atom. The molecule has 2 heterocycles. The van der Waals surface area contributed by atoms with Gasteiger partial charge in [0.2, 0.25) is 0 Å². The fourth-order valence-electron chi connectivity index (χ4n) is 2.50. The fraction of sp³-hybridized carbons (Fsp3) is 0.294. The van der Waals surface area contributed by atoms with Gasteiger partial charge in [-0.2, -0.15) is 5.26 Å². The molecule has 0 bridgehead atoms. The monoisotopic (exact) mass is 323 g/mol. The largest absolute Gasteiger partial charge is 0.368 e. The number of ether oxygens (including phenoxy) is 1. The molecule has 122 valence electrons. The van der Waals surface area contributed by atoms with Gasteiger partial charge >= 0.3 is 0 Å². The van der Waals surface area contributed by atoms with Gasteiger partial charge in [0.1, 0.15) is 12.2 Å². The molecule has 1 unspecified atom stereocenters. The van der Waals surface area contributed by atoms with Crippen LogP contribution in [0.15, 0.2) is 36.7 Å². The molecule has 0 radical (unpaired) electrons. The van der Waals surface area contributed by atoms with Crippen LogP contribution in [0.3, 0.4) is 0 Å². The lowest BCUT2D eigenvalue weighted by Crippen LogP contribution is -2.26. The summed E-state index contributed by atoms with van der Waals surface area (Å²) in [6, 6.07) is 9.50. The van der Waals surface area contributed by atoms with Gasteiger partial charge < -0.3 is 15.4 Å². The van der Waals surface area contributed by atoms with Crippen molar-refractivity contribution in [1.29, 1.82) is 5.26 Å². The molecule has 0 spiro atoms. The highest BCUT2D eigenvalue weighted by Gasteiger charge is 2.23. The van der Waals surface area contributed by atoms with E-state index in [1.54, 1.807) is 0 Å². The molecule has 1 aromatic heterocycles. The highest BCUT2D eigenvalue weighted by molar-refractivity contribution is 5.94. The van der Waals surface area contributed by atoms with Crippen molar-refractivity contribution < 1.29 is 9.53 Å². The first kappa shape index (κ1) is 15.9. The number of rotatable bonds is 5. The normalized spacial score (nSPS) is 16.4. The van der Waals surface area contributed by atoms with Crippen molar-refractivity contribution in [3.8, 4) is 6.07 Å². The molecule has 1 amide bonds. The first-order valence-electron chi connectivity index (χ1n) is 7.72. The number of amides is 1. The number of carbonyl (C=O) groups is 1. The summed E-state index contributed by atoms with van der Waals surface area (Å²) in [4.78, 5) is 20.1. The van der Waals surface area contributed by atoms with Gasteiger partial charge in [0.25, 0.3) is 5.91 Å². The molecular formula is C17H17N5O2. The maximum atomic E-state index is 12.1. The van der Waals surface area contributed by atoms with Crippen LogP contribution in [0.4, 0.5) is 11.5 Å². The van der Waals surface area contributed by atoms with E-state index in [0.717, 1.165) is 24.1 Å². The lowest BCUT2D eigenvalue weighted by molar-refractivity contribution is -0.124. The smallest absolute Gasteiger partial charge is 0.253 e. The third-order valence-electron chi connectivity index (χ3n) is 3.68. The van der Waals surface area contributed by atoms with Crippen molar-refractivity contribution in [1.82, 2.24) is 9.97 Å². The number of nitriles is 1. The van der Waals surface area contributed by atoms with E-state index in [1.165, 1.54) is 12.4 Å². The summed E-state index contributed by atoms with van der Waals surface area (Å²) in [6.07, 6.45) is 4.33. The number of anilines is 2. The van der Waals surface area contributed by atoms with Crippen LogP contribution in [0.25, 0.3) is 0 Å². The molecule has 0 aliphatic carbocycles. The van der Waals surface area contributed by atoms with E-state index in [2.05, 4.69) is 20.6 Å². The van der Waals surface area contributed by atoms with Crippen molar-refractivity contribution in [2.45, 2.75) is 25.5 Å². The maximum absolute atomic E-state index is 12.1. The first-order chi connectivity index (χ1) is 11.8. The quantitative estimate of drug-likeness (QED) is 0.874. The highest BCUT2D eigenvalue weighted by atomic mass is 16.5. The van der Waals surface area contributed by atoms with Crippen LogP contribution in [-0.4, -0.2) is 28.6 Å². The topological polar surface area (TPSA) is 99.9 Å². The van der Waals surface area contributed by atoms with Crippen LogP contribution in [0, 0.1) is 11.3 Å². The molecule has 1 atom stereocenters. The zero-order valence-corrected chi connectivity index (χ0v) is 13.0. The summed E-state index contributed by atoms with van der Waals surface area (Å²) in [7, 11) is 0. The maximum Gasteiger partial charge on any atom is 0.253 e. The second-order valence-corrected chi connectivity index (χ2v) is 5.41. The minimum atomic E-state index is -0.357. The van der Waals surface area contributed by atoms with E-state index in [0.29, 0.717) is 19.0 Å². The molecule has 7 nitrogen and oxygen atoms in total. The van der Waals surface area contributed by atoms with E-state index in [-0.39, 0.29) is 17.7 Å². The van der Waals surface area contributed by atoms with Gasteiger partial charge in [-0.15, -0.1) is 0 Å². The molecule has 0 saturated carbocycles. The van der Waals surface area contributed by atoms with E-state index in [9.17, 15) is 4.79 Å². The summed E-state index contributed by atoms with van der Waals surface area (Å²) in [5, 5.41) is 15.0. The van der Waals surface area contributed by atoms with Crippen molar-refractivity contribution in [2.24, 2.45) is 0 Å². The van der Waals surface area contributed by atoms with E-state index >= 15 is 0 Å². The Morgan fingerprint density at radius 1 is 1.38 bits per heavy atom. The molecule has 1 aliphatic heterocycles. The van der Waals surface area contributed by atoms with Gasteiger partial charge in [0, 0.05) is 31.2 Å². The van der Waals surface area contributed by atoms with Crippen LogP contribution in [-0.2, 0) is 16.1 Å². The minimum Gasteiger partial charge on any atom is -0.368 e. The lowest BCUT2D eigenvalue weighted by atomic mass is 10.2. The molecule has 3 rings (SSSR count). The average Bonchev–Trinajstić information content (AvgIpc) is 3.15. The zero-order valence-electron chi connectivity index (χ0n) is 13.0. The predicted octanol–water partition coefficient (Wildman–Crippen LogP) is 2.08. The van der Waals surface area contributed by atoms with Crippen molar-refractivity contribution >= 4 is 17.4 Å². The number of benzene rings is 1. The molecular weight excluding hydrogens is 306 g/mol. The molecule has 1 aromatic carbocycles. The highest BCUT2D eigenvalue weighted by Crippen LogP contribution is 2.17. The molecule has 24 heavy (non-hydrogen) atoms. The Labute approximate surface area is 139 Å². The van der Waals surface area contributed by atoms with Crippen molar-refractivity contribution in [3.05, 3.63) is 47.9 Å². The van der Waals surface area contributed by atoms with E-state index < -0.39 is 0 Å². The molecule has 2 N–H and O–H groups in total. The fourth-order valence-corrected chi connectivity index (χ4v) is 2.50. The van der Waals surface area contributed by atoms with Crippen LogP contribution in [0.2, 0.25) is 0 Å². The molecule has 1 aliphatic rings. The lowest BCUT2D eigenvalue weighted by Gasteiger charge is -2.12. The molecule has 1 fully saturated rings. The standard InChI is InChI=1S/C17H17N5O2/c18-10-14-16(20-7-6-19-14)21-11-12-3-1-4-13(9-12)22-17(23)15-5-2-8-24-15/h1,3-4,6-7,9,15H,2,5,8,11H2,(H,20,21)(H,22,23). The molecule has 7 heteroatoms. The first-order valence-corrected chi connectivity index (χ1v) is 7.72. The van der Waals surface area contributed by atoms with Crippen LogP contribution < -0.4 is 10.6 Å². The molecule has 1 saturated heterocycles. The second kappa shape index (κ2) is 7.53. The van der Waals surface area contributed by atoms with E-state index in [4.69, 9.17) is 10.00 Å². The van der Waals surface area contributed by atoms with Gasteiger partial charge in [-0.25, -0.2) is 9.97 Å². The summed E-state index contributed by atoms with van der Waals surface area (Å²) in [5.74, 6) is 0.326. The number of carbonyl (C=O) groups excluding carboxylic acids is 1. The SMILES string of the molecule is N#Cc1nccnc1NCc1cccc(NC(=O)C2CCCO2)c1. The summed E-state index contributed by atoms with van der Waals surface area (Å²) < 4.78 is 5.38. The van der Waals surface area contributed by atoms with Gasteiger partial charge in [-0.3, -0.25) is 4.79 Å². The third-order valence-corrected chi connectivity index (χ3v) is 3.68. The number of nitrogens with one attached hydrogen (secondary N) is 2. The predicted molar refractivity (Wildman–Crippen MR) is 88.1 cm³/mol. The number of hydrogen-bond donors (Lipinski definition) is 2. The Hall–Kier alpha value is -2.98. The summed E-state index contributed by atoms with van der Waals surface area (Å²) >= 11 is 0. The Bertz CT molecular complexity index is 766. The van der Waals surface area contributed by atoms with Crippen LogP contribution in [0.1, 0.15) is 24.1 Å². The Morgan fingerprint density at radius 2 is 2.25 bits per heavy atom. The molecule has 2 aromatic rings. The van der Waals surface area contributed by atoms with Gasteiger partial charge in [0.15, 0.2) is 11.5 Å². The van der Waals surface area contributed by atoms with Crippen LogP contribution >= 0.6 is 0 Å². The Kier molecular flexibility index (Phi) is 4.99. The van der Waals surface area contributed by atoms with Crippen molar-refractivity contribution in [3.63, 3.8) is 0 Å². The van der Waals surface area contributed by atoms with Gasteiger partial charge in [-0.1, -0.05) is 12.1 Å². The number of nitrogens with zero attached hydrogens (tertiary/aromatic N) is 3. The van der Waals surface area contributed by atoms with Gasteiger partial charge in [-0.05, 0) is 30.5 Å². The summed E-state index contributed by atoms with van der Waals surface area (Å²) in [5.41, 5.74) is 1.92. The van der Waals surface area contributed by atoms with E-state index in [1.807, 2.05) is 30.3 Å². The zero-order chi connectivity index (χ0) is 16.8. The summed E-state index contributed by atoms with van der Waals surface area (Å²) in [6.45, 7) is 1.11.